The Morgan fingerprint density at radius 3 is 2.38 bits per heavy atom. The fraction of sp³-hybridized carbons (Fsp3) is 0.882. The lowest BCUT2D eigenvalue weighted by Crippen LogP contribution is -2.48. The first-order chi connectivity index (χ1) is 12.1. The number of aliphatic hydroxyl groups excluding tert-OH is 1. The first kappa shape index (κ1) is 23.1. The number of rotatable bonds is 10. The molecule has 0 spiro atoms. The van der Waals surface area contributed by atoms with Gasteiger partial charge >= 0.3 is 0 Å². The molecule has 0 radical (unpaired) electrons. The summed E-state index contributed by atoms with van der Waals surface area (Å²) in [6.45, 7) is 3.24. The van der Waals surface area contributed by atoms with Crippen LogP contribution in [0.25, 0.3) is 0 Å². The van der Waals surface area contributed by atoms with Crippen LogP contribution in [0.2, 0.25) is 0 Å². The van der Waals surface area contributed by atoms with Crippen LogP contribution in [0.5, 0.6) is 0 Å². The number of carbonyl (C=O) groups is 2. The highest BCUT2D eigenvalue weighted by Crippen LogP contribution is 2.45. The van der Waals surface area contributed by atoms with Gasteiger partial charge < -0.3 is 26.4 Å². The van der Waals surface area contributed by atoms with Gasteiger partial charge in [0.25, 0.3) is 0 Å². The quantitative estimate of drug-likeness (QED) is 0.342. The third-order valence-corrected chi connectivity index (χ3v) is 6.82. The van der Waals surface area contributed by atoms with E-state index in [9.17, 15) is 24.2 Å². The van der Waals surface area contributed by atoms with Crippen LogP contribution in [0.15, 0.2) is 0 Å². The van der Waals surface area contributed by atoms with Gasteiger partial charge in [0.2, 0.25) is 19.2 Å². The second-order valence-electron chi connectivity index (χ2n) is 7.66. The van der Waals surface area contributed by atoms with E-state index in [2.05, 4.69) is 10.6 Å². The summed E-state index contributed by atoms with van der Waals surface area (Å²) in [6, 6.07) is -0.687. The van der Waals surface area contributed by atoms with Crippen LogP contribution in [0.3, 0.4) is 0 Å². The predicted octanol–water partition coefficient (Wildman–Crippen LogP) is 0.414. The second-order valence-corrected chi connectivity index (χ2v) is 10.1. The van der Waals surface area contributed by atoms with Crippen molar-refractivity contribution in [3.63, 3.8) is 0 Å². The summed E-state index contributed by atoms with van der Waals surface area (Å²) in [5.41, 5.74) is 5.67. The minimum absolute atomic E-state index is 0.0391. The van der Waals surface area contributed by atoms with Crippen molar-refractivity contribution in [1.82, 2.24) is 10.6 Å². The summed E-state index contributed by atoms with van der Waals surface area (Å²) in [4.78, 5) is 33.5. The Hall–Kier alpha value is -0.950. The van der Waals surface area contributed by atoms with Gasteiger partial charge in [-0.15, -0.1) is 0 Å². The Bertz CT molecular complexity index is 509. The standard InChI is InChI=1S/C17H34N3O5P/c1-12(2)16(18)17(23)20-9-15(22)19-8-14(21)11-26(24,25)10-13-6-4-3-5-7-13/h12-14,16,21H,3-11,18H2,1-2H3,(H,19,22)(H,20,23)(H,24,25)/t14-,16-/m0/s1. The minimum Gasteiger partial charge on any atom is -0.391 e. The van der Waals surface area contributed by atoms with E-state index < -0.39 is 31.3 Å². The number of amides is 2. The molecule has 0 aromatic heterocycles. The lowest BCUT2D eigenvalue weighted by molar-refractivity contribution is -0.127. The maximum Gasteiger partial charge on any atom is 0.239 e. The summed E-state index contributed by atoms with van der Waals surface area (Å²) in [5.74, 6) is -0.680. The highest BCUT2D eigenvalue weighted by molar-refractivity contribution is 7.58. The summed E-state index contributed by atoms with van der Waals surface area (Å²) in [6.07, 6.45) is 4.22. The zero-order chi connectivity index (χ0) is 19.7. The van der Waals surface area contributed by atoms with E-state index in [4.69, 9.17) is 5.73 Å². The summed E-state index contributed by atoms with van der Waals surface area (Å²) >= 11 is 0. The van der Waals surface area contributed by atoms with Gasteiger partial charge in [0.15, 0.2) is 0 Å². The van der Waals surface area contributed by atoms with Crippen LogP contribution in [0.1, 0.15) is 46.0 Å². The van der Waals surface area contributed by atoms with Crippen molar-refractivity contribution >= 4 is 19.2 Å². The average Bonchev–Trinajstić information content (AvgIpc) is 2.57. The Kier molecular flexibility index (Phi) is 9.79. The monoisotopic (exact) mass is 391 g/mol. The number of carbonyl (C=O) groups excluding carboxylic acids is 2. The van der Waals surface area contributed by atoms with Crippen LogP contribution < -0.4 is 16.4 Å². The molecule has 0 bridgehead atoms. The van der Waals surface area contributed by atoms with Crippen LogP contribution in [-0.4, -0.2) is 59.4 Å². The van der Waals surface area contributed by atoms with Crippen molar-refractivity contribution in [2.75, 3.05) is 25.4 Å². The van der Waals surface area contributed by atoms with E-state index in [1.807, 2.05) is 0 Å². The Balaban J connectivity index is 2.27. The van der Waals surface area contributed by atoms with Gasteiger partial charge in [-0.2, -0.15) is 0 Å². The topological polar surface area (TPSA) is 142 Å². The zero-order valence-electron chi connectivity index (χ0n) is 15.8. The first-order valence-electron chi connectivity index (χ1n) is 9.39. The van der Waals surface area contributed by atoms with Gasteiger partial charge in [-0.1, -0.05) is 33.1 Å². The molecule has 3 atom stereocenters. The second kappa shape index (κ2) is 11.0. The molecule has 0 aliphatic heterocycles. The average molecular weight is 391 g/mol. The molecule has 9 heteroatoms. The lowest BCUT2D eigenvalue weighted by atomic mass is 9.91. The molecule has 1 unspecified atom stereocenters. The molecule has 26 heavy (non-hydrogen) atoms. The minimum atomic E-state index is -3.42. The van der Waals surface area contributed by atoms with Crippen molar-refractivity contribution in [2.24, 2.45) is 17.6 Å². The molecule has 2 amide bonds. The van der Waals surface area contributed by atoms with E-state index >= 15 is 0 Å². The first-order valence-corrected chi connectivity index (χ1v) is 11.4. The zero-order valence-corrected chi connectivity index (χ0v) is 16.7. The number of hydrogen-bond donors (Lipinski definition) is 5. The van der Waals surface area contributed by atoms with Gasteiger partial charge in [-0.05, 0) is 24.7 Å². The number of nitrogens with one attached hydrogen (secondary N) is 2. The van der Waals surface area contributed by atoms with Crippen molar-refractivity contribution in [3.05, 3.63) is 0 Å². The molecular formula is C17H34N3O5P. The number of hydrogen-bond acceptors (Lipinski definition) is 5. The smallest absolute Gasteiger partial charge is 0.239 e. The summed E-state index contributed by atoms with van der Waals surface area (Å²) in [5, 5.41) is 14.8. The fourth-order valence-electron chi connectivity index (χ4n) is 3.12. The molecule has 1 rings (SSSR count). The van der Waals surface area contributed by atoms with Crippen LogP contribution in [-0.2, 0) is 14.2 Å². The Morgan fingerprint density at radius 2 is 1.81 bits per heavy atom. The van der Waals surface area contributed by atoms with Crippen molar-refractivity contribution in [3.8, 4) is 0 Å². The normalized spacial score (nSPS) is 20.2. The van der Waals surface area contributed by atoms with E-state index in [0.29, 0.717) is 0 Å². The van der Waals surface area contributed by atoms with E-state index in [0.717, 1.165) is 25.7 Å². The third-order valence-electron chi connectivity index (χ3n) is 4.74. The summed E-state index contributed by atoms with van der Waals surface area (Å²) < 4.78 is 12.3. The lowest BCUT2D eigenvalue weighted by Gasteiger charge is -2.25. The summed E-state index contributed by atoms with van der Waals surface area (Å²) in [7, 11) is -3.42. The van der Waals surface area contributed by atoms with Crippen LogP contribution in [0, 0.1) is 11.8 Å². The van der Waals surface area contributed by atoms with E-state index in [1.165, 1.54) is 6.42 Å². The maximum atomic E-state index is 12.3. The van der Waals surface area contributed by atoms with Gasteiger partial charge in [-0.3, -0.25) is 14.2 Å². The molecule has 0 saturated heterocycles. The number of nitrogens with two attached hydrogens (primary N) is 1. The van der Waals surface area contributed by atoms with Crippen molar-refractivity contribution in [1.29, 1.82) is 0 Å². The fourth-order valence-corrected chi connectivity index (χ4v) is 5.23. The molecule has 1 saturated carbocycles. The predicted molar refractivity (Wildman–Crippen MR) is 101 cm³/mol. The van der Waals surface area contributed by atoms with Crippen molar-refractivity contribution in [2.45, 2.75) is 58.1 Å². The van der Waals surface area contributed by atoms with Crippen LogP contribution in [0.4, 0.5) is 0 Å². The molecule has 152 valence electrons. The maximum absolute atomic E-state index is 12.3. The molecular weight excluding hydrogens is 357 g/mol. The highest BCUT2D eigenvalue weighted by atomic mass is 31.2. The van der Waals surface area contributed by atoms with Crippen molar-refractivity contribution < 1.29 is 24.2 Å². The molecule has 1 fully saturated rings. The number of aliphatic hydroxyl groups is 1. The van der Waals surface area contributed by atoms with Crippen LogP contribution >= 0.6 is 7.37 Å². The van der Waals surface area contributed by atoms with E-state index in [-0.39, 0.29) is 37.2 Å². The third kappa shape index (κ3) is 9.12. The molecule has 1 aliphatic rings. The molecule has 6 N–H and O–H groups in total. The van der Waals surface area contributed by atoms with Gasteiger partial charge in [-0.25, -0.2) is 0 Å². The Morgan fingerprint density at radius 1 is 1.19 bits per heavy atom. The van der Waals surface area contributed by atoms with Gasteiger partial charge in [0, 0.05) is 12.7 Å². The Labute approximate surface area is 155 Å². The van der Waals surface area contributed by atoms with E-state index in [1.54, 1.807) is 13.8 Å². The molecule has 0 aromatic rings. The van der Waals surface area contributed by atoms with Gasteiger partial charge in [0.05, 0.1) is 24.9 Å². The largest absolute Gasteiger partial charge is 0.391 e. The molecule has 8 nitrogen and oxygen atoms in total. The molecule has 1 aliphatic carbocycles. The van der Waals surface area contributed by atoms with Gasteiger partial charge in [0.1, 0.15) is 0 Å². The molecule has 0 heterocycles. The SMILES string of the molecule is CC(C)[C@H](N)C(=O)NCC(=O)NC[C@H](O)CP(=O)(O)CC1CCCCC1. The molecule has 0 aromatic carbocycles. The highest BCUT2D eigenvalue weighted by Gasteiger charge is 2.28.